The Bertz CT molecular complexity index is 191. The van der Waals surface area contributed by atoms with Gasteiger partial charge in [-0.3, -0.25) is 0 Å². The summed E-state index contributed by atoms with van der Waals surface area (Å²) in [5, 5.41) is 0. The van der Waals surface area contributed by atoms with Gasteiger partial charge in [0, 0.05) is 6.04 Å². The molecule has 0 amide bonds. The SMILES string of the molecule is CCCC(C)NS(=O)(=O)CBr. The molecule has 11 heavy (non-hydrogen) atoms. The molecular formula is C6H14BrNO2S. The van der Waals surface area contributed by atoms with Crippen molar-refractivity contribution in [3.8, 4) is 0 Å². The summed E-state index contributed by atoms with van der Waals surface area (Å²) in [5.74, 6) is 0. The lowest BCUT2D eigenvalue weighted by Crippen LogP contribution is -2.32. The van der Waals surface area contributed by atoms with E-state index < -0.39 is 10.0 Å². The van der Waals surface area contributed by atoms with Gasteiger partial charge < -0.3 is 0 Å². The average molecular weight is 244 g/mol. The van der Waals surface area contributed by atoms with Gasteiger partial charge in [0.05, 0.1) is 0 Å². The molecule has 0 spiro atoms. The minimum atomic E-state index is -3.07. The molecule has 68 valence electrons. The highest BCUT2D eigenvalue weighted by molar-refractivity contribution is 9.10. The summed E-state index contributed by atoms with van der Waals surface area (Å²) in [5.41, 5.74) is 0. The Morgan fingerprint density at radius 1 is 1.55 bits per heavy atom. The monoisotopic (exact) mass is 243 g/mol. The van der Waals surface area contributed by atoms with E-state index in [2.05, 4.69) is 20.7 Å². The normalized spacial score (nSPS) is 14.8. The first-order chi connectivity index (χ1) is 5.02. The van der Waals surface area contributed by atoms with E-state index in [1.165, 1.54) is 0 Å². The van der Waals surface area contributed by atoms with Crippen LogP contribution in [0.2, 0.25) is 0 Å². The summed E-state index contributed by atoms with van der Waals surface area (Å²) >= 11 is 2.90. The van der Waals surface area contributed by atoms with Crippen LogP contribution >= 0.6 is 15.9 Å². The maximum atomic E-state index is 10.9. The lowest BCUT2D eigenvalue weighted by atomic mass is 10.2. The third-order valence-electron chi connectivity index (χ3n) is 1.25. The molecular weight excluding hydrogens is 230 g/mol. The maximum absolute atomic E-state index is 10.9. The van der Waals surface area contributed by atoms with Crippen molar-refractivity contribution in [2.24, 2.45) is 0 Å². The van der Waals surface area contributed by atoms with Crippen LogP contribution in [-0.4, -0.2) is 19.1 Å². The fraction of sp³-hybridized carbons (Fsp3) is 1.00. The molecule has 0 aliphatic carbocycles. The molecule has 0 radical (unpaired) electrons. The van der Waals surface area contributed by atoms with E-state index >= 15 is 0 Å². The van der Waals surface area contributed by atoms with Crippen LogP contribution in [0.4, 0.5) is 0 Å². The van der Waals surface area contributed by atoms with Gasteiger partial charge in [0.15, 0.2) is 0 Å². The van der Waals surface area contributed by atoms with Crippen LogP contribution in [-0.2, 0) is 10.0 Å². The predicted octanol–water partition coefficient (Wildman–Crippen LogP) is 1.45. The Balaban J connectivity index is 3.84. The predicted molar refractivity (Wildman–Crippen MR) is 50.2 cm³/mol. The van der Waals surface area contributed by atoms with E-state index in [1.807, 2.05) is 13.8 Å². The molecule has 1 N–H and O–H groups in total. The number of rotatable bonds is 5. The van der Waals surface area contributed by atoms with Crippen LogP contribution in [0.1, 0.15) is 26.7 Å². The Hall–Kier alpha value is 0.390. The van der Waals surface area contributed by atoms with Gasteiger partial charge in [-0.05, 0) is 13.3 Å². The number of nitrogens with one attached hydrogen (secondary N) is 1. The quantitative estimate of drug-likeness (QED) is 0.744. The fourth-order valence-corrected chi connectivity index (χ4v) is 2.02. The summed E-state index contributed by atoms with van der Waals surface area (Å²) in [7, 11) is -3.07. The second kappa shape index (κ2) is 5.11. The molecule has 0 fully saturated rings. The molecule has 0 aromatic rings. The molecule has 0 rings (SSSR count). The average Bonchev–Trinajstić information content (AvgIpc) is 1.87. The van der Waals surface area contributed by atoms with Crippen LogP contribution < -0.4 is 4.72 Å². The molecule has 0 aromatic carbocycles. The van der Waals surface area contributed by atoms with Gasteiger partial charge in [0.25, 0.3) is 0 Å². The summed E-state index contributed by atoms with van der Waals surface area (Å²) in [4.78, 5) is 0. The van der Waals surface area contributed by atoms with Gasteiger partial charge in [0.1, 0.15) is 4.66 Å². The number of hydrogen-bond acceptors (Lipinski definition) is 2. The van der Waals surface area contributed by atoms with Gasteiger partial charge in [-0.15, -0.1) is 0 Å². The fourth-order valence-electron chi connectivity index (χ4n) is 0.830. The van der Waals surface area contributed by atoms with Crippen LogP contribution in [0, 0.1) is 0 Å². The lowest BCUT2D eigenvalue weighted by Gasteiger charge is -2.10. The van der Waals surface area contributed by atoms with Crippen molar-refractivity contribution in [1.82, 2.24) is 4.72 Å². The van der Waals surface area contributed by atoms with E-state index in [9.17, 15) is 8.42 Å². The van der Waals surface area contributed by atoms with Crippen LogP contribution in [0.5, 0.6) is 0 Å². The topological polar surface area (TPSA) is 46.2 Å². The molecule has 5 heteroatoms. The van der Waals surface area contributed by atoms with E-state index in [0.29, 0.717) is 0 Å². The number of sulfonamides is 1. The van der Waals surface area contributed by atoms with E-state index in [-0.39, 0.29) is 10.7 Å². The molecule has 1 atom stereocenters. The molecule has 0 bridgehead atoms. The third kappa shape index (κ3) is 5.64. The van der Waals surface area contributed by atoms with Crippen LogP contribution in [0.15, 0.2) is 0 Å². The van der Waals surface area contributed by atoms with Crippen molar-refractivity contribution >= 4 is 26.0 Å². The van der Waals surface area contributed by atoms with E-state index in [0.717, 1.165) is 12.8 Å². The summed E-state index contributed by atoms with van der Waals surface area (Å²) in [6.07, 6.45) is 1.87. The second-order valence-corrected chi connectivity index (χ2v) is 5.59. The number of hydrogen-bond donors (Lipinski definition) is 1. The summed E-state index contributed by atoms with van der Waals surface area (Å²) in [6.45, 7) is 3.89. The Morgan fingerprint density at radius 2 is 2.09 bits per heavy atom. The van der Waals surface area contributed by atoms with E-state index in [1.54, 1.807) is 0 Å². The zero-order valence-electron chi connectivity index (χ0n) is 6.80. The lowest BCUT2D eigenvalue weighted by molar-refractivity contribution is 0.548. The largest absolute Gasteiger partial charge is 0.221 e. The van der Waals surface area contributed by atoms with Crippen molar-refractivity contribution < 1.29 is 8.42 Å². The van der Waals surface area contributed by atoms with Gasteiger partial charge in [-0.2, -0.15) is 0 Å². The van der Waals surface area contributed by atoms with Crippen molar-refractivity contribution in [1.29, 1.82) is 0 Å². The van der Waals surface area contributed by atoms with Gasteiger partial charge in [0.2, 0.25) is 10.0 Å². The first kappa shape index (κ1) is 11.4. The van der Waals surface area contributed by atoms with Crippen molar-refractivity contribution in [3.63, 3.8) is 0 Å². The highest BCUT2D eigenvalue weighted by Crippen LogP contribution is 1.99. The van der Waals surface area contributed by atoms with Gasteiger partial charge in [-0.25, -0.2) is 13.1 Å². The van der Waals surface area contributed by atoms with Crippen molar-refractivity contribution in [3.05, 3.63) is 0 Å². The smallest absolute Gasteiger partial charge is 0.212 e. The van der Waals surface area contributed by atoms with Crippen molar-refractivity contribution in [2.75, 3.05) is 4.66 Å². The van der Waals surface area contributed by atoms with Crippen LogP contribution in [0.25, 0.3) is 0 Å². The first-order valence-corrected chi connectivity index (χ1v) is 6.35. The molecule has 0 saturated heterocycles. The van der Waals surface area contributed by atoms with Gasteiger partial charge >= 0.3 is 0 Å². The second-order valence-electron chi connectivity index (χ2n) is 2.53. The molecule has 0 saturated carbocycles. The molecule has 0 aliphatic rings. The Kier molecular flexibility index (Phi) is 5.29. The van der Waals surface area contributed by atoms with Crippen molar-refractivity contribution in [2.45, 2.75) is 32.7 Å². The Morgan fingerprint density at radius 3 is 2.45 bits per heavy atom. The standard InChI is InChI=1S/C6H14BrNO2S/c1-3-4-6(2)8-11(9,10)5-7/h6,8H,3-5H2,1-2H3. The highest BCUT2D eigenvalue weighted by atomic mass is 79.9. The number of alkyl halides is 1. The first-order valence-electron chi connectivity index (χ1n) is 3.57. The molecule has 0 heterocycles. The third-order valence-corrected chi connectivity index (χ3v) is 4.10. The molecule has 1 unspecified atom stereocenters. The molecule has 3 nitrogen and oxygen atoms in total. The molecule has 0 aliphatic heterocycles. The van der Waals surface area contributed by atoms with Gasteiger partial charge in [-0.1, -0.05) is 29.3 Å². The van der Waals surface area contributed by atoms with E-state index in [4.69, 9.17) is 0 Å². The zero-order chi connectivity index (χ0) is 8.91. The number of halogens is 1. The zero-order valence-corrected chi connectivity index (χ0v) is 9.20. The Labute approximate surface area is 76.7 Å². The minimum absolute atomic E-state index is 0.0198. The summed E-state index contributed by atoms with van der Waals surface area (Å²) < 4.78 is 24.4. The molecule has 0 aromatic heterocycles. The minimum Gasteiger partial charge on any atom is -0.212 e. The van der Waals surface area contributed by atoms with Crippen LogP contribution in [0.3, 0.4) is 0 Å². The highest BCUT2D eigenvalue weighted by Gasteiger charge is 2.10. The summed E-state index contributed by atoms with van der Waals surface area (Å²) in [6, 6.07) is 0.0440. The maximum Gasteiger partial charge on any atom is 0.221 e.